The third-order valence-electron chi connectivity index (χ3n) is 6.05. The Morgan fingerprint density at radius 1 is 1.17 bits per heavy atom. The van der Waals surface area contributed by atoms with E-state index >= 15 is 0 Å². The highest BCUT2D eigenvalue weighted by Gasteiger charge is 2.37. The zero-order chi connectivity index (χ0) is 24.7. The van der Waals surface area contributed by atoms with Crippen LogP contribution in [0.25, 0.3) is 21.2 Å². The molecule has 0 amide bonds. The third kappa shape index (κ3) is 3.86. The second-order valence-electron chi connectivity index (χ2n) is 8.17. The Hall–Kier alpha value is -4.03. The van der Waals surface area contributed by atoms with E-state index < -0.39 is 10.5 Å². The number of hydrogen-bond acceptors (Lipinski definition) is 6. The van der Waals surface area contributed by atoms with Gasteiger partial charge in [-0.05, 0) is 47.0 Å². The predicted octanol–water partition coefficient (Wildman–Crippen LogP) is 5.99. The van der Waals surface area contributed by atoms with Crippen molar-refractivity contribution in [1.29, 1.82) is 5.26 Å². The predicted molar refractivity (Wildman–Crippen MR) is 137 cm³/mol. The van der Waals surface area contributed by atoms with Gasteiger partial charge in [0.2, 0.25) is 0 Å². The molecule has 5 aromatic rings. The van der Waals surface area contributed by atoms with Gasteiger partial charge in [0, 0.05) is 39.2 Å². The molecule has 0 bridgehead atoms. The van der Waals surface area contributed by atoms with Gasteiger partial charge >= 0.3 is 0 Å². The van der Waals surface area contributed by atoms with Crippen LogP contribution in [-0.4, -0.2) is 14.5 Å². The number of nitrogens with zero attached hydrogens (tertiary/aromatic N) is 4. The number of fused-ring (bicyclic) bond motifs is 1. The number of rotatable bonds is 5. The molecule has 0 aliphatic carbocycles. The summed E-state index contributed by atoms with van der Waals surface area (Å²) in [7, 11) is 1.86. The van der Waals surface area contributed by atoms with E-state index in [4.69, 9.17) is 17.3 Å². The van der Waals surface area contributed by atoms with Crippen molar-refractivity contribution in [1.82, 2.24) is 9.55 Å². The van der Waals surface area contributed by atoms with E-state index in [2.05, 4.69) is 11.1 Å². The van der Waals surface area contributed by atoms with Gasteiger partial charge < -0.3 is 10.3 Å². The Morgan fingerprint density at radius 3 is 2.57 bits per heavy atom. The second-order valence-corrected chi connectivity index (χ2v) is 9.69. The number of halogens is 1. The maximum Gasteiger partial charge on any atom is 0.271 e. The summed E-state index contributed by atoms with van der Waals surface area (Å²) in [6.45, 7) is 0. The zero-order valence-corrected chi connectivity index (χ0v) is 20.0. The molecule has 0 saturated heterocycles. The van der Waals surface area contributed by atoms with Gasteiger partial charge in [-0.1, -0.05) is 35.9 Å². The molecule has 35 heavy (non-hydrogen) atoms. The number of nitriles is 1. The third-order valence-corrected chi connectivity index (χ3v) is 7.50. The van der Waals surface area contributed by atoms with E-state index in [-0.39, 0.29) is 5.69 Å². The fourth-order valence-electron chi connectivity index (χ4n) is 4.28. The smallest absolute Gasteiger partial charge is 0.271 e. The van der Waals surface area contributed by atoms with Crippen molar-refractivity contribution < 1.29 is 4.92 Å². The van der Waals surface area contributed by atoms with Crippen LogP contribution in [0, 0.1) is 21.4 Å². The first-order chi connectivity index (χ1) is 16.8. The first-order valence-corrected chi connectivity index (χ1v) is 11.8. The van der Waals surface area contributed by atoms with E-state index in [1.54, 1.807) is 48.9 Å². The number of imidazole rings is 1. The molecule has 2 aromatic heterocycles. The first-order valence-electron chi connectivity index (χ1n) is 10.6. The number of non-ortho nitro benzene ring substituents is 1. The van der Waals surface area contributed by atoms with E-state index in [1.807, 2.05) is 41.9 Å². The van der Waals surface area contributed by atoms with Gasteiger partial charge in [-0.25, -0.2) is 4.98 Å². The first kappa shape index (κ1) is 22.7. The van der Waals surface area contributed by atoms with Crippen LogP contribution in [0.4, 0.5) is 5.69 Å². The van der Waals surface area contributed by atoms with Crippen LogP contribution in [0.1, 0.15) is 21.7 Å². The highest BCUT2D eigenvalue weighted by molar-refractivity contribution is 7.19. The minimum absolute atomic E-state index is 0.0117. The van der Waals surface area contributed by atoms with Crippen molar-refractivity contribution >= 4 is 38.7 Å². The SMILES string of the molecule is Cn1cncc1C(N)(c1ccc(C#N)cc1)c1cc2c(-c3cccc(Cl)c3)cc([N+](=O)[O-])cc2s1. The van der Waals surface area contributed by atoms with Crippen LogP contribution in [0.5, 0.6) is 0 Å². The molecule has 0 aliphatic heterocycles. The van der Waals surface area contributed by atoms with E-state index in [0.717, 1.165) is 31.8 Å². The van der Waals surface area contributed by atoms with Crippen LogP contribution < -0.4 is 5.73 Å². The number of nitro groups is 1. The van der Waals surface area contributed by atoms with E-state index in [0.29, 0.717) is 16.1 Å². The standard InChI is InChI=1S/C26H18ClN5O2S/c1-31-15-30-14-24(31)26(29,18-7-5-16(13-28)6-8-18)25-12-22-21(17-3-2-4-19(27)9-17)10-20(32(33)34)11-23(22)35-25/h2-12,14-15H,29H2,1H3. The number of benzene rings is 3. The maximum atomic E-state index is 11.7. The van der Waals surface area contributed by atoms with Gasteiger partial charge in [0.1, 0.15) is 5.54 Å². The summed E-state index contributed by atoms with van der Waals surface area (Å²) in [6.07, 6.45) is 3.39. The number of nitrogens with two attached hydrogens (primary N) is 1. The Labute approximate surface area is 209 Å². The molecule has 0 saturated carbocycles. The molecule has 0 fully saturated rings. The van der Waals surface area contributed by atoms with Crippen LogP contribution in [0.2, 0.25) is 5.02 Å². The second kappa shape index (κ2) is 8.64. The lowest BCUT2D eigenvalue weighted by Crippen LogP contribution is -2.40. The summed E-state index contributed by atoms with van der Waals surface area (Å²) in [5.41, 5.74) is 9.58. The van der Waals surface area contributed by atoms with E-state index in [1.165, 1.54) is 11.3 Å². The normalized spacial score (nSPS) is 12.9. The molecule has 5 rings (SSSR count). The molecule has 2 N–H and O–H groups in total. The summed E-state index contributed by atoms with van der Waals surface area (Å²) in [4.78, 5) is 16.4. The molecule has 9 heteroatoms. The monoisotopic (exact) mass is 499 g/mol. The number of aryl methyl sites for hydroxylation is 1. The minimum Gasteiger partial charge on any atom is -0.335 e. The van der Waals surface area contributed by atoms with Gasteiger partial charge in [-0.3, -0.25) is 10.1 Å². The van der Waals surface area contributed by atoms with Crippen LogP contribution in [-0.2, 0) is 12.6 Å². The van der Waals surface area contributed by atoms with Crippen molar-refractivity contribution in [2.24, 2.45) is 12.8 Å². The fourth-order valence-corrected chi connectivity index (χ4v) is 5.73. The highest BCUT2D eigenvalue weighted by Crippen LogP contribution is 2.44. The molecular formula is C26H18ClN5O2S. The minimum atomic E-state index is -1.11. The molecule has 0 spiro atoms. The molecule has 1 atom stereocenters. The van der Waals surface area contributed by atoms with Gasteiger partial charge in [0.25, 0.3) is 5.69 Å². The topological polar surface area (TPSA) is 111 Å². The van der Waals surface area contributed by atoms with Crippen molar-refractivity contribution in [3.63, 3.8) is 0 Å². The number of nitro benzene ring substituents is 1. The molecule has 0 radical (unpaired) electrons. The Morgan fingerprint density at radius 2 is 1.94 bits per heavy atom. The molecule has 7 nitrogen and oxygen atoms in total. The lowest BCUT2D eigenvalue weighted by atomic mass is 9.85. The van der Waals surface area contributed by atoms with Crippen LogP contribution in [0.15, 0.2) is 79.3 Å². The quantitative estimate of drug-likeness (QED) is 0.236. The average Bonchev–Trinajstić information content (AvgIpc) is 3.49. The van der Waals surface area contributed by atoms with E-state index in [9.17, 15) is 15.4 Å². The number of thiophene rings is 1. The van der Waals surface area contributed by atoms with Crippen molar-refractivity contribution in [2.45, 2.75) is 5.54 Å². The lowest BCUT2D eigenvalue weighted by molar-refractivity contribution is -0.384. The van der Waals surface area contributed by atoms with Crippen LogP contribution >= 0.6 is 22.9 Å². The lowest BCUT2D eigenvalue weighted by Gasteiger charge is -2.29. The molecule has 0 aliphatic rings. The average molecular weight is 500 g/mol. The Kier molecular flexibility index (Phi) is 5.61. The molecule has 1 unspecified atom stereocenters. The summed E-state index contributed by atoms with van der Waals surface area (Å²) >= 11 is 7.62. The van der Waals surface area contributed by atoms with Gasteiger partial charge in [0.05, 0.1) is 34.8 Å². The maximum absolute atomic E-state index is 11.7. The largest absolute Gasteiger partial charge is 0.335 e. The van der Waals surface area contributed by atoms with Crippen LogP contribution in [0.3, 0.4) is 0 Å². The van der Waals surface area contributed by atoms with Crippen molar-refractivity contribution in [3.05, 3.63) is 116 Å². The van der Waals surface area contributed by atoms with Crippen molar-refractivity contribution in [2.75, 3.05) is 0 Å². The molecular weight excluding hydrogens is 482 g/mol. The molecule has 3 aromatic carbocycles. The van der Waals surface area contributed by atoms with Gasteiger partial charge in [0.15, 0.2) is 0 Å². The number of hydrogen-bond donors (Lipinski definition) is 1. The summed E-state index contributed by atoms with van der Waals surface area (Å²) in [5.74, 6) is 0. The summed E-state index contributed by atoms with van der Waals surface area (Å²) in [5, 5.41) is 22.4. The zero-order valence-electron chi connectivity index (χ0n) is 18.5. The van der Waals surface area contributed by atoms with Gasteiger partial charge in [-0.15, -0.1) is 11.3 Å². The number of aromatic nitrogens is 2. The Bertz CT molecular complexity index is 1630. The summed E-state index contributed by atoms with van der Waals surface area (Å²) in [6, 6.07) is 21.6. The molecule has 2 heterocycles. The Balaban J connectivity index is 1.81. The fraction of sp³-hybridized carbons (Fsp3) is 0.0769. The summed E-state index contributed by atoms with van der Waals surface area (Å²) < 4.78 is 2.58. The molecule has 172 valence electrons. The highest BCUT2D eigenvalue weighted by atomic mass is 35.5. The van der Waals surface area contributed by atoms with Crippen molar-refractivity contribution in [3.8, 4) is 17.2 Å². The van der Waals surface area contributed by atoms with Gasteiger partial charge in [-0.2, -0.15) is 5.26 Å².